The molecule has 2 rings (SSSR count). The number of benzene rings is 1. The molecule has 1 amide bonds. The molecule has 0 saturated carbocycles. The van der Waals surface area contributed by atoms with E-state index in [0.717, 1.165) is 5.56 Å². The lowest BCUT2D eigenvalue weighted by Crippen LogP contribution is -2.17. The number of nitrogens with zero attached hydrogens (tertiary/aromatic N) is 3. The van der Waals surface area contributed by atoms with Crippen LogP contribution in [0.4, 0.5) is 5.95 Å². The number of aryl methyl sites for hydroxylation is 1. The second kappa shape index (κ2) is 5.31. The number of aromatic nitrogens is 3. The van der Waals surface area contributed by atoms with Crippen LogP contribution in [0.5, 0.6) is 5.75 Å². The maximum absolute atomic E-state index is 11.9. The van der Waals surface area contributed by atoms with Crippen LogP contribution in [0.1, 0.15) is 5.56 Å². The van der Waals surface area contributed by atoms with Crippen LogP contribution in [0.15, 0.2) is 30.6 Å². The van der Waals surface area contributed by atoms with E-state index in [1.807, 2.05) is 24.3 Å². The summed E-state index contributed by atoms with van der Waals surface area (Å²) >= 11 is 0. The van der Waals surface area contributed by atoms with Crippen molar-refractivity contribution < 1.29 is 9.53 Å². The van der Waals surface area contributed by atoms with Gasteiger partial charge in [-0.3, -0.25) is 10.1 Å². The van der Waals surface area contributed by atoms with Crippen LogP contribution in [0.2, 0.25) is 0 Å². The van der Waals surface area contributed by atoms with Crippen molar-refractivity contribution in [3.63, 3.8) is 0 Å². The fraction of sp³-hybridized carbons (Fsp3) is 0.250. The van der Waals surface area contributed by atoms with E-state index in [2.05, 4.69) is 15.5 Å². The lowest BCUT2D eigenvalue weighted by atomic mass is 10.1. The Morgan fingerprint density at radius 1 is 1.44 bits per heavy atom. The summed E-state index contributed by atoms with van der Waals surface area (Å²) in [5.41, 5.74) is 0.833. The van der Waals surface area contributed by atoms with E-state index >= 15 is 0 Å². The van der Waals surface area contributed by atoms with Gasteiger partial charge in [-0.2, -0.15) is 0 Å². The van der Waals surface area contributed by atoms with E-state index in [0.29, 0.717) is 11.7 Å². The first-order valence-corrected chi connectivity index (χ1v) is 5.46. The Kier molecular flexibility index (Phi) is 3.57. The number of amides is 1. The van der Waals surface area contributed by atoms with Gasteiger partial charge in [0, 0.05) is 12.6 Å². The number of ether oxygens (including phenoxy) is 1. The van der Waals surface area contributed by atoms with Crippen molar-refractivity contribution in [2.75, 3.05) is 12.4 Å². The summed E-state index contributed by atoms with van der Waals surface area (Å²) in [5.74, 6) is 0.969. The number of para-hydroxylation sites is 1. The highest BCUT2D eigenvalue weighted by molar-refractivity contribution is 5.91. The van der Waals surface area contributed by atoms with Gasteiger partial charge in [-0.15, -0.1) is 10.2 Å². The van der Waals surface area contributed by atoms with Gasteiger partial charge in [-0.1, -0.05) is 18.2 Å². The van der Waals surface area contributed by atoms with Crippen LogP contribution in [-0.4, -0.2) is 27.8 Å². The maximum Gasteiger partial charge on any atom is 0.231 e. The average molecular weight is 246 g/mol. The van der Waals surface area contributed by atoms with E-state index in [-0.39, 0.29) is 12.3 Å². The van der Waals surface area contributed by atoms with Gasteiger partial charge in [-0.05, 0) is 6.07 Å². The molecule has 18 heavy (non-hydrogen) atoms. The van der Waals surface area contributed by atoms with E-state index < -0.39 is 0 Å². The van der Waals surface area contributed by atoms with Crippen molar-refractivity contribution in [1.82, 2.24) is 14.8 Å². The Bertz CT molecular complexity index is 551. The average Bonchev–Trinajstić information content (AvgIpc) is 2.75. The molecule has 0 saturated heterocycles. The largest absolute Gasteiger partial charge is 0.496 e. The monoisotopic (exact) mass is 246 g/mol. The summed E-state index contributed by atoms with van der Waals surface area (Å²) in [6, 6.07) is 7.41. The predicted molar refractivity (Wildman–Crippen MR) is 66.3 cm³/mol. The fourth-order valence-electron chi connectivity index (χ4n) is 1.59. The zero-order valence-corrected chi connectivity index (χ0v) is 10.3. The third kappa shape index (κ3) is 2.65. The lowest BCUT2D eigenvalue weighted by Gasteiger charge is -2.08. The summed E-state index contributed by atoms with van der Waals surface area (Å²) in [4.78, 5) is 11.9. The topological polar surface area (TPSA) is 69.0 Å². The van der Waals surface area contributed by atoms with Gasteiger partial charge in [0.15, 0.2) is 0 Å². The number of rotatable bonds is 4. The van der Waals surface area contributed by atoms with E-state index in [1.54, 1.807) is 18.7 Å². The summed E-state index contributed by atoms with van der Waals surface area (Å²) in [6.07, 6.45) is 1.76. The van der Waals surface area contributed by atoms with Gasteiger partial charge in [-0.25, -0.2) is 0 Å². The standard InChI is InChI=1S/C12H14N4O2/c1-16-8-13-15-12(16)14-11(17)7-9-5-3-4-6-10(9)18-2/h3-6,8H,7H2,1-2H3,(H,14,15,17). The number of methoxy groups -OCH3 is 1. The first-order valence-electron chi connectivity index (χ1n) is 5.46. The highest BCUT2D eigenvalue weighted by Gasteiger charge is 2.10. The van der Waals surface area contributed by atoms with Crippen molar-refractivity contribution in [3.05, 3.63) is 36.2 Å². The normalized spacial score (nSPS) is 10.1. The van der Waals surface area contributed by atoms with Crippen LogP contribution < -0.4 is 10.1 Å². The van der Waals surface area contributed by atoms with Gasteiger partial charge in [0.2, 0.25) is 11.9 Å². The molecule has 0 atom stereocenters. The summed E-state index contributed by atoms with van der Waals surface area (Å²) in [6.45, 7) is 0. The molecule has 0 bridgehead atoms. The molecule has 1 aromatic carbocycles. The van der Waals surface area contributed by atoms with Gasteiger partial charge in [0.1, 0.15) is 12.1 Å². The molecule has 1 heterocycles. The summed E-state index contributed by atoms with van der Waals surface area (Å²) in [7, 11) is 3.35. The number of hydrogen-bond donors (Lipinski definition) is 1. The van der Waals surface area contributed by atoms with Gasteiger partial charge in [0.25, 0.3) is 0 Å². The number of carbonyl (C=O) groups is 1. The van der Waals surface area contributed by atoms with Crippen LogP contribution >= 0.6 is 0 Å². The third-order valence-corrected chi connectivity index (χ3v) is 2.51. The lowest BCUT2D eigenvalue weighted by molar-refractivity contribution is -0.115. The molecule has 0 aliphatic rings. The molecule has 6 nitrogen and oxygen atoms in total. The van der Waals surface area contributed by atoms with Crippen molar-refractivity contribution in [2.45, 2.75) is 6.42 Å². The Labute approximate surface area is 105 Å². The number of anilines is 1. The number of nitrogens with one attached hydrogen (secondary N) is 1. The first-order chi connectivity index (χ1) is 8.70. The smallest absolute Gasteiger partial charge is 0.231 e. The number of hydrogen-bond acceptors (Lipinski definition) is 4. The molecule has 1 aromatic heterocycles. The molecule has 0 unspecified atom stereocenters. The zero-order chi connectivity index (χ0) is 13.0. The Balaban J connectivity index is 2.05. The molecule has 0 spiro atoms. The van der Waals surface area contributed by atoms with Crippen LogP contribution in [-0.2, 0) is 18.3 Å². The highest BCUT2D eigenvalue weighted by Crippen LogP contribution is 2.18. The van der Waals surface area contributed by atoms with E-state index in [4.69, 9.17) is 4.74 Å². The van der Waals surface area contributed by atoms with Crippen LogP contribution in [0.25, 0.3) is 0 Å². The second-order valence-corrected chi connectivity index (χ2v) is 3.80. The Morgan fingerprint density at radius 2 is 2.22 bits per heavy atom. The minimum atomic E-state index is -0.157. The molecule has 0 aliphatic heterocycles. The Morgan fingerprint density at radius 3 is 2.89 bits per heavy atom. The minimum absolute atomic E-state index is 0.157. The molecular weight excluding hydrogens is 232 g/mol. The summed E-state index contributed by atoms with van der Waals surface area (Å²) in [5, 5.41) is 10.2. The molecule has 0 aliphatic carbocycles. The molecule has 6 heteroatoms. The van der Waals surface area contributed by atoms with Crippen molar-refractivity contribution in [2.24, 2.45) is 7.05 Å². The van der Waals surface area contributed by atoms with Gasteiger partial charge in [0.05, 0.1) is 13.5 Å². The Hall–Kier alpha value is -2.37. The van der Waals surface area contributed by atoms with Gasteiger partial charge >= 0.3 is 0 Å². The fourth-order valence-corrected chi connectivity index (χ4v) is 1.59. The van der Waals surface area contributed by atoms with Crippen LogP contribution in [0, 0.1) is 0 Å². The van der Waals surface area contributed by atoms with E-state index in [1.165, 1.54) is 6.33 Å². The highest BCUT2D eigenvalue weighted by atomic mass is 16.5. The molecule has 1 N–H and O–H groups in total. The van der Waals surface area contributed by atoms with Crippen molar-refractivity contribution >= 4 is 11.9 Å². The molecule has 2 aromatic rings. The van der Waals surface area contributed by atoms with Crippen molar-refractivity contribution in [1.29, 1.82) is 0 Å². The maximum atomic E-state index is 11.9. The second-order valence-electron chi connectivity index (χ2n) is 3.80. The first kappa shape index (κ1) is 12.1. The summed E-state index contributed by atoms with van der Waals surface area (Å²) < 4.78 is 6.83. The number of carbonyl (C=O) groups excluding carboxylic acids is 1. The quantitative estimate of drug-likeness (QED) is 0.874. The third-order valence-electron chi connectivity index (χ3n) is 2.51. The molecule has 0 radical (unpaired) electrons. The molecule has 0 fully saturated rings. The van der Waals surface area contributed by atoms with Crippen molar-refractivity contribution in [3.8, 4) is 5.75 Å². The zero-order valence-electron chi connectivity index (χ0n) is 10.3. The minimum Gasteiger partial charge on any atom is -0.496 e. The van der Waals surface area contributed by atoms with E-state index in [9.17, 15) is 4.79 Å². The predicted octanol–water partition coefficient (Wildman–Crippen LogP) is 1.00. The SMILES string of the molecule is COc1ccccc1CC(=O)Nc1nncn1C. The molecule has 94 valence electrons. The van der Waals surface area contributed by atoms with Crippen LogP contribution in [0.3, 0.4) is 0 Å². The van der Waals surface area contributed by atoms with Gasteiger partial charge < -0.3 is 9.30 Å². The molecular formula is C12H14N4O2.